The van der Waals surface area contributed by atoms with Crippen molar-refractivity contribution < 1.29 is 17.9 Å². The molecule has 0 N–H and O–H groups in total. The number of ether oxygens (including phenoxy) is 1. The molecule has 2 rings (SSSR count). The van der Waals surface area contributed by atoms with E-state index < -0.39 is 10.0 Å². The lowest BCUT2D eigenvalue weighted by Crippen LogP contribution is -2.39. The first-order valence-electron chi connectivity index (χ1n) is 10.5. The van der Waals surface area contributed by atoms with E-state index in [1.807, 2.05) is 18.7 Å². The van der Waals surface area contributed by atoms with E-state index in [9.17, 15) is 13.2 Å². The molecule has 0 spiro atoms. The van der Waals surface area contributed by atoms with E-state index in [1.54, 1.807) is 30.3 Å². The van der Waals surface area contributed by atoms with Crippen LogP contribution >= 0.6 is 0 Å². The number of likely N-dealkylation sites (tertiary alicyclic amines) is 1. The van der Waals surface area contributed by atoms with Crippen LogP contribution in [-0.2, 0) is 14.8 Å². The van der Waals surface area contributed by atoms with Crippen molar-refractivity contribution in [2.45, 2.75) is 44.4 Å². The monoisotopic (exact) mass is 422 g/mol. The number of benzene rings is 1. The maximum absolute atomic E-state index is 12.8. The summed E-state index contributed by atoms with van der Waals surface area (Å²) in [6.07, 6.45) is 5.34. The molecule has 1 aliphatic heterocycles. The first-order valence-corrected chi connectivity index (χ1v) is 12.0. The molecule has 162 valence electrons. The SMILES string of the molecule is C=CCOCC1CCN(C(=O)c2ccc(S(=O)(=O)N(CC)CCCC)cc2)CC1. The van der Waals surface area contributed by atoms with Gasteiger partial charge in [-0.3, -0.25) is 4.79 Å². The van der Waals surface area contributed by atoms with Gasteiger partial charge in [-0.15, -0.1) is 6.58 Å². The zero-order chi connectivity index (χ0) is 21.3. The summed E-state index contributed by atoms with van der Waals surface area (Å²) in [5.74, 6) is 0.424. The van der Waals surface area contributed by atoms with Gasteiger partial charge in [-0.1, -0.05) is 26.3 Å². The molecule has 0 saturated carbocycles. The Hall–Kier alpha value is -1.70. The number of nitrogens with zero attached hydrogens (tertiary/aromatic N) is 2. The van der Waals surface area contributed by atoms with Gasteiger partial charge in [0.1, 0.15) is 0 Å². The Labute approximate surface area is 175 Å². The fourth-order valence-corrected chi connectivity index (χ4v) is 4.99. The second-order valence-electron chi connectivity index (χ2n) is 7.44. The minimum atomic E-state index is -3.52. The Morgan fingerprint density at radius 2 is 1.90 bits per heavy atom. The van der Waals surface area contributed by atoms with E-state index in [0.29, 0.717) is 50.9 Å². The summed E-state index contributed by atoms with van der Waals surface area (Å²) in [6.45, 7) is 11.1. The quantitative estimate of drug-likeness (QED) is 0.404. The van der Waals surface area contributed by atoms with Crippen LogP contribution in [0.15, 0.2) is 41.8 Å². The molecule has 1 heterocycles. The van der Waals surface area contributed by atoms with E-state index in [0.717, 1.165) is 25.7 Å². The third-order valence-electron chi connectivity index (χ3n) is 5.34. The van der Waals surface area contributed by atoms with E-state index in [-0.39, 0.29) is 10.8 Å². The molecule has 0 unspecified atom stereocenters. The van der Waals surface area contributed by atoms with Crippen LogP contribution < -0.4 is 0 Å². The molecule has 0 radical (unpaired) electrons. The molecule has 29 heavy (non-hydrogen) atoms. The van der Waals surface area contributed by atoms with Gasteiger partial charge in [0.15, 0.2) is 0 Å². The number of sulfonamides is 1. The Kier molecular flexibility index (Phi) is 9.33. The van der Waals surface area contributed by atoms with Gasteiger partial charge >= 0.3 is 0 Å². The average Bonchev–Trinajstić information content (AvgIpc) is 2.74. The van der Waals surface area contributed by atoms with Gasteiger partial charge < -0.3 is 9.64 Å². The molecule has 0 atom stereocenters. The summed E-state index contributed by atoms with van der Waals surface area (Å²) < 4.78 is 32.6. The van der Waals surface area contributed by atoms with Gasteiger partial charge in [0, 0.05) is 38.3 Å². The van der Waals surface area contributed by atoms with Gasteiger partial charge in [-0.25, -0.2) is 8.42 Å². The lowest BCUT2D eigenvalue weighted by molar-refractivity contribution is 0.0575. The number of hydrogen-bond donors (Lipinski definition) is 0. The molecule has 6 nitrogen and oxygen atoms in total. The highest BCUT2D eigenvalue weighted by atomic mass is 32.2. The first-order chi connectivity index (χ1) is 13.9. The van der Waals surface area contributed by atoms with E-state index >= 15 is 0 Å². The maximum atomic E-state index is 12.8. The van der Waals surface area contributed by atoms with Crippen LogP contribution in [0.1, 0.15) is 49.9 Å². The number of amides is 1. The highest BCUT2D eigenvalue weighted by molar-refractivity contribution is 7.89. The number of piperidine rings is 1. The molecule has 0 aliphatic carbocycles. The highest BCUT2D eigenvalue weighted by Gasteiger charge is 2.25. The van der Waals surface area contributed by atoms with Gasteiger partial charge in [0.2, 0.25) is 10.0 Å². The fraction of sp³-hybridized carbons (Fsp3) is 0.591. The standard InChI is InChI=1S/C22H34N2O4S/c1-4-7-14-24(6-3)29(26,27)21-10-8-20(9-11-21)22(25)23-15-12-19(13-16-23)18-28-17-5-2/h5,8-11,19H,2,4,6-7,12-18H2,1,3H3. The predicted octanol–water partition coefficient (Wildman–Crippen LogP) is 3.55. The Bertz CT molecular complexity index is 754. The maximum Gasteiger partial charge on any atom is 0.253 e. The smallest absolute Gasteiger partial charge is 0.253 e. The predicted molar refractivity (Wildman–Crippen MR) is 115 cm³/mol. The topological polar surface area (TPSA) is 66.9 Å². The zero-order valence-corrected chi connectivity index (χ0v) is 18.5. The van der Waals surface area contributed by atoms with Crippen molar-refractivity contribution in [3.63, 3.8) is 0 Å². The lowest BCUT2D eigenvalue weighted by atomic mass is 9.97. The third-order valence-corrected chi connectivity index (χ3v) is 7.33. The summed E-state index contributed by atoms with van der Waals surface area (Å²) in [6, 6.07) is 6.35. The van der Waals surface area contributed by atoms with Crippen LogP contribution in [-0.4, -0.2) is 62.9 Å². The summed E-state index contributed by atoms with van der Waals surface area (Å²) in [5.41, 5.74) is 0.530. The van der Waals surface area contributed by atoms with Gasteiger partial charge in [-0.2, -0.15) is 4.31 Å². The molecule has 1 aromatic rings. The molecule has 0 aromatic heterocycles. The number of carbonyl (C=O) groups excluding carboxylic acids is 1. The van der Waals surface area contributed by atoms with Crippen LogP contribution in [0.2, 0.25) is 0 Å². The molecule has 1 aliphatic rings. The third kappa shape index (κ3) is 6.39. The largest absolute Gasteiger partial charge is 0.377 e. The summed E-state index contributed by atoms with van der Waals surface area (Å²) in [5, 5.41) is 0. The van der Waals surface area contributed by atoms with Crippen molar-refractivity contribution in [1.29, 1.82) is 0 Å². The first kappa shape index (κ1) is 23.6. The molecule has 1 aromatic carbocycles. The molecule has 1 fully saturated rings. The lowest BCUT2D eigenvalue weighted by Gasteiger charge is -2.32. The normalized spacial score (nSPS) is 15.6. The van der Waals surface area contributed by atoms with Crippen molar-refractivity contribution in [2.24, 2.45) is 5.92 Å². The van der Waals surface area contributed by atoms with E-state index in [2.05, 4.69) is 6.58 Å². The Morgan fingerprint density at radius 3 is 2.45 bits per heavy atom. The minimum absolute atomic E-state index is 0.0438. The van der Waals surface area contributed by atoms with Crippen molar-refractivity contribution in [1.82, 2.24) is 9.21 Å². The Balaban J connectivity index is 1.97. The fourth-order valence-electron chi connectivity index (χ4n) is 3.50. The Morgan fingerprint density at radius 1 is 1.24 bits per heavy atom. The summed E-state index contributed by atoms with van der Waals surface area (Å²) in [4.78, 5) is 14.9. The van der Waals surface area contributed by atoms with Crippen LogP contribution in [0, 0.1) is 5.92 Å². The van der Waals surface area contributed by atoms with E-state index in [4.69, 9.17) is 4.74 Å². The zero-order valence-electron chi connectivity index (χ0n) is 17.7. The average molecular weight is 423 g/mol. The minimum Gasteiger partial charge on any atom is -0.377 e. The number of hydrogen-bond acceptors (Lipinski definition) is 4. The van der Waals surface area contributed by atoms with Crippen molar-refractivity contribution >= 4 is 15.9 Å². The van der Waals surface area contributed by atoms with E-state index in [1.165, 1.54) is 4.31 Å². The van der Waals surface area contributed by atoms with Crippen LogP contribution in [0.3, 0.4) is 0 Å². The second-order valence-corrected chi connectivity index (χ2v) is 9.37. The van der Waals surface area contributed by atoms with Crippen molar-refractivity contribution in [2.75, 3.05) is 39.4 Å². The summed E-state index contributed by atoms with van der Waals surface area (Å²) in [7, 11) is -3.52. The number of carbonyl (C=O) groups is 1. The molecular formula is C22H34N2O4S. The second kappa shape index (κ2) is 11.5. The van der Waals surface area contributed by atoms with Crippen molar-refractivity contribution in [3.8, 4) is 0 Å². The summed E-state index contributed by atoms with van der Waals surface area (Å²) >= 11 is 0. The number of unbranched alkanes of at least 4 members (excludes halogenated alkanes) is 1. The molecule has 0 bridgehead atoms. The molecular weight excluding hydrogens is 388 g/mol. The molecule has 1 saturated heterocycles. The molecule has 7 heteroatoms. The molecule has 1 amide bonds. The number of rotatable bonds is 11. The van der Waals surface area contributed by atoms with Crippen LogP contribution in [0.4, 0.5) is 0 Å². The van der Waals surface area contributed by atoms with Crippen LogP contribution in [0.5, 0.6) is 0 Å². The highest BCUT2D eigenvalue weighted by Crippen LogP contribution is 2.21. The van der Waals surface area contributed by atoms with Gasteiger partial charge in [0.05, 0.1) is 11.5 Å². The van der Waals surface area contributed by atoms with Crippen LogP contribution in [0.25, 0.3) is 0 Å². The van der Waals surface area contributed by atoms with Gasteiger partial charge in [0.25, 0.3) is 5.91 Å². The van der Waals surface area contributed by atoms with Crippen molar-refractivity contribution in [3.05, 3.63) is 42.5 Å². The van der Waals surface area contributed by atoms with Gasteiger partial charge in [-0.05, 0) is 49.4 Å².